The number of phenols is 1. The van der Waals surface area contributed by atoms with Crippen LogP contribution in [0.5, 0.6) is 5.75 Å². The second kappa shape index (κ2) is 6.57. The number of carbonyl (C=O) groups excluding carboxylic acids is 2. The predicted molar refractivity (Wildman–Crippen MR) is 69.5 cm³/mol. The van der Waals surface area contributed by atoms with E-state index in [0.29, 0.717) is 0 Å². The number of benzene rings is 1. The van der Waals surface area contributed by atoms with Crippen LogP contribution in [-0.4, -0.2) is 30.3 Å². The summed E-state index contributed by atoms with van der Waals surface area (Å²) in [5, 5.41) is 18.7. The maximum absolute atomic E-state index is 12.0. The molecule has 0 saturated heterocycles. The van der Waals surface area contributed by atoms with Crippen molar-refractivity contribution in [2.45, 2.75) is 20.8 Å². The van der Waals surface area contributed by atoms with E-state index >= 15 is 0 Å². The summed E-state index contributed by atoms with van der Waals surface area (Å²) in [5.41, 5.74) is -0.0472. The molecule has 0 atom stereocenters. The zero-order valence-corrected chi connectivity index (χ0v) is 11.5. The van der Waals surface area contributed by atoms with Crippen LogP contribution in [0.4, 0.5) is 0 Å². The first-order chi connectivity index (χ1) is 9.47. The highest BCUT2D eigenvalue weighted by atomic mass is 16.5. The second-order valence-corrected chi connectivity index (χ2v) is 3.87. The third-order valence-electron chi connectivity index (χ3n) is 2.64. The van der Waals surface area contributed by atoms with Gasteiger partial charge in [-0.2, -0.15) is 5.26 Å². The summed E-state index contributed by atoms with van der Waals surface area (Å²) in [7, 11) is 0. The van der Waals surface area contributed by atoms with Crippen molar-refractivity contribution < 1.29 is 24.2 Å². The number of ether oxygens (including phenoxy) is 2. The van der Waals surface area contributed by atoms with Crippen LogP contribution < -0.4 is 0 Å². The molecular formula is C14H15NO5. The van der Waals surface area contributed by atoms with E-state index in [4.69, 9.17) is 14.7 Å². The van der Waals surface area contributed by atoms with E-state index in [2.05, 4.69) is 0 Å². The van der Waals surface area contributed by atoms with E-state index in [9.17, 15) is 14.7 Å². The third-order valence-corrected chi connectivity index (χ3v) is 2.64. The highest BCUT2D eigenvalue weighted by molar-refractivity contribution is 6.05. The predicted octanol–water partition coefficient (Wildman–Crippen LogP) is 1.93. The van der Waals surface area contributed by atoms with Crippen LogP contribution in [0.3, 0.4) is 0 Å². The maximum Gasteiger partial charge on any atom is 0.339 e. The number of hydrogen-bond donors (Lipinski definition) is 1. The van der Waals surface area contributed by atoms with Gasteiger partial charge in [0.1, 0.15) is 11.8 Å². The SMILES string of the molecule is CCOC(=O)c1cc(O)c(C#N)c(C)c1C(=O)OCC. The van der Waals surface area contributed by atoms with Crippen molar-refractivity contribution in [1.82, 2.24) is 0 Å². The number of phenolic OH excluding ortho intramolecular Hbond substituents is 1. The Balaban J connectivity index is 3.54. The molecule has 0 aliphatic carbocycles. The van der Waals surface area contributed by atoms with Crippen LogP contribution in [0.2, 0.25) is 0 Å². The molecule has 1 rings (SSSR count). The number of carbonyl (C=O) groups is 2. The van der Waals surface area contributed by atoms with E-state index in [-0.39, 0.29) is 41.2 Å². The number of esters is 2. The van der Waals surface area contributed by atoms with Gasteiger partial charge in [-0.15, -0.1) is 0 Å². The lowest BCUT2D eigenvalue weighted by molar-refractivity contribution is 0.0477. The van der Waals surface area contributed by atoms with Gasteiger partial charge in [-0.05, 0) is 32.4 Å². The average molecular weight is 277 g/mol. The molecule has 6 nitrogen and oxygen atoms in total. The third kappa shape index (κ3) is 2.88. The zero-order valence-electron chi connectivity index (χ0n) is 11.5. The Kier molecular flexibility index (Phi) is 5.09. The van der Waals surface area contributed by atoms with E-state index in [1.807, 2.05) is 0 Å². The molecule has 0 radical (unpaired) electrons. The van der Waals surface area contributed by atoms with Crippen molar-refractivity contribution in [2.75, 3.05) is 13.2 Å². The summed E-state index contributed by atoms with van der Waals surface area (Å²) >= 11 is 0. The lowest BCUT2D eigenvalue weighted by atomic mass is 9.96. The van der Waals surface area contributed by atoms with Crippen LogP contribution in [0, 0.1) is 18.3 Å². The standard InChI is InChI=1S/C14H15NO5/c1-4-19-13(17)9-6-11(16)10(7-15)8(3)12(9)14(18)20-5-2/h6,16H,4-5H2,1-3H3. The normalized spacial score (nSPS) is 9.70. The summed E-state index contributed by atoms with van der Waals surface area (Å²) in [4.78, 5) is 23.8. The molecule has 6 heteroatoms. The lowest BCUT2D eigenvalue weighted by Crippen LogP contribution is -2.16. The van der Waals surface area contributed by atoms with Gasteiger partial charge in [-0.1, -0.05) is 0 Å². The summed E-state index contributed by atoms with van der Waals surface area (Å²) in [6.07, 6.45) is 0. The molecule has 0 bridgehead atoms. The molecule has 0 spiro atoms. The molecule has 0 aliphatic rings. The molecule has 0 amide bonds. The summed E-state index contributed by atoms with van der Waals surface area (Å²) in [6.45, 7) is 4.97. The zero-order chi connectivity index (χ0) is 15.3. The quantitative estimate of drug-likeness (QED) is 0.844. The van der Waals surface area contributed by atoms with Crippen molar-refractivity contribution in [3.05, 3.63) is 28.3 Å². The van der Waals surface area contributed by atoms with Crippen molar-refractivity contribution >= 4 is 11.9 Å². The number of nitrogens with zero attached hydrogens (tertiary/aromatic N) is 1. The maximum atomic E-state index is 12.0. The minimum Gasteiger partial charge on any atom is -0.507 e. The van der Waals surface area contributed by atoms with Gasteiger partial charge in [0, 0.05) is 0 Å². The molecule has 1 aromatic rings. The highest BCUT2D eigenvalue weighted by Crippen LogP contribution is 2.28. The first-order valence-electron chi connectivity index (χ1n) is 6.08. The van der Waals surface area contributed by atoms with Crippen LogP contribution in [0.15, 0.2) is 6.07 Å². The Morgan fingerprint density at radius 3 is 2.30 bits per heavy atom. The van der Waals surface area contributed by atoms with Gasteiger partial charge < -0.3 is 14.6 Å². The molecule has 1 N–H and O–H groups in total. The Morgan fingerprint density at radius 1 is 1.25 bits per heavy atom. The van der Waals surface area contributed by atoms with Crippen molar-refractivity contribution in [1.29, 1.82) is 5.26 Å². The Hall–Kier alpha value is -2.55. The van der Waals surface area contributed by atoms with E-state index < -0.39 is 11.9 Å². The van der Waals surface area contributed by atoms with Gasteiger partial charge >= 0.3 is 11.9 Å². The minimum absolute atomic E-state index is 0.0559. The lowest BCUT2D eigenvalue weighted by Gasteiger charge is -2.13. The van der Waals surface area contributed by atoms with E-state index in [1.165, 1.54) is 6.92 Å². The van der Waals surface area contributed by atoms with Crippen LogP contribution in [0.1, 0.15) is 45.7 Å². The first-order valence-corrected chi connectivity index (χ1v) is 6.08. The van der Waals surface area contributed by atoms with Crippen LogP contribution in [-0.2, 0) is 9.47 Å². The summed E-state index contributed by atoms with van der Waals surface area (Å²) in [6, 6.07) is 2.84. The monoisotopic (exact) mass is 277 g/mol. The summed E-state index contributed by atoms with van der Waals surface area (Å²) in [5.74, 6) is -1.86. The van der Waals surface area contributed by atoms with E-state index in [0.717, 1.165) is 6.07 Å². The molecule has 0 heterocycles. The first kappa shape index (κ1) is 15.5. The molecule has 106 valence electrons. The Bertz CT molecular complexity index is 586. The number of nitriles is 1. The van der Waals surface area contributed by atoms with Crippen molar-refractivity contribution in [3.63, 3.8) is 0 Å². The van der Waals surface area contributed by atoms with Gasteiger partial charge in [-0.25, -0.2) is 9.59 Å². The van der Waals surface area contributed by atoms with E-state index in [1.54, 1.807) is 19.9 Å². The molecule has 0 aliphatic heterocycles. The number of aromatic hydroxyl groups is 1. The Morgan fingerprint density at radius 2 is 1.80 bits per heavy atom. The second-order valence-electron chi connectivity index (χ2n) is 3.87. The van der Waals surface area contributed by atoms with Crippen molar-refractivity contribution in [3.8, 4) is 11.8 Å². The topological polar surface area (TPSA) is 96.6 Å². The van der Waals surface area contributed by atoms with Gasteiger partial charge in [0.2, 0.25) is 0 Å². The average Bonchev–Trinajstić information content (AvgIpc) is 2.38. The smallest absolute Gasteiger partial charge is 0.339 e. The number of rotatable bonds is 4. The van der Waals surface area contributed by atoms with Gasteiger partial charge in [0.25, 0.3) is 0 Å². The molecular weight excluding hydrogens is 262 g/mol. The largest absolute Gasteiger partial charge is 0.507 e. The molecule has 0 aromatic heterocycles. The molecule has 1 aromatic carbocycles. The molecule has 0 fully saturated rings. The van der Waals surface area contributed by atoms with Crippen LogP contribution in [0.25, 0.3) is 0 Å². The fourth-order valence-corrected chi connectivity index (χ4v) is 1.78. The molecule has 0 unspecified atom stereocenters. The van der Waals surface area contributed by atoms with Gasteiger partial charge in [-0.3, -0.25) is 0 Å². The number of hydrogen-bond acceptors (Lipinski definition) is 6. The molecule has 20 heavy (non-hydrogen) atoms. The van der Waals surface area contributed by atoms with Crippen LogP contribution >= 0.6 is 0 Å². The Labute approximate surface area is 116 Å². The highest BCUT2D eigenvalue weighted by Gasteiger charge is 2.25. The molecule has 0 saturated carbocycles. The fraction of sp³-hybridized carbons (Fsp3) is 0.357. The van der Waals surface area contributed by atoms with Gasteiger partial charge in [0.05, 0.1) is 29.9 Å². The summed E-state index contributed by atoms with van der Waals surface area (Å²) < 4.78 is 9.72. The van der Waals surface area contributed by atoms with Crippen molar-refractivity contribution in [2.24, 2.45) is 0 Å². The fourth-order valence-electron chi connectivity index (χ4n) is 1.78. The minimum atomic E-state index is -0.751. The van der Waals surface area contributed by atoms with Gasteiger partial charge in [0.15, 0.2) is 0 Å².